The van der Waals surface area contributed by atoms with Crippen molar-refractivity contribution in [1.82, 2.24) is 0 Å². The third-order valence-corrected chi connectivity index (χ3v) is 2.70. The van der Waals surface area contributed by atoms with E-state index in [1.54, 1.807) is 12.1 Å². The molecule has 106 valence electrons. The number of hydrogen-bond acceptors (Lipinski definition) is 3. The fraction of sp³-hybridized carbons (Fsp3) is 0.176. The number of phenols is 1. The van der Waals surface area contributed by atoms with Crippen molar-refractivity contribution in [3.05, 3.63) is 72.3 Å². The normalized spacial score (nSPS) is 9.30. The van der Waals surface area contributed by atoms with Crippen LogP contribution in [0.2, 0.25) is 0 Å². The Balaban J connectivity index is 0.000000217. The summed E-state index contributed by atoms with van der Waals surface area (Å²) in [6.07, 6.45) is 2.60. The number of hydrogen-bond donors (Lipinski definition) is 2. The maximum absolute atomic E-state index is 9.25. The molecule has 20 heavy (non-hydrogen) atoms. The van der Waals surface area contributed by atoms with Crippen molar-refractivity contribution in [3.8, 4) is 11.5 Å². The summed E-state index contributed by atoms with van der Waals surface area (Å²) >= 11 is 0. The first-order valence-electron chi connectivity index (χ1n) is 6.42. The monoisotopic (exact) mass is 271 g/mol. The van der Waals surface area contributed by atoms with Crippen LogP contribution in [0.15, 0.2) is 61.2 Å². The van der Waals surface area contributed by atoms with Crippen LogP contribution in [0, 0.1) is 0 Å². The van der Waals surface area contributed by atoms with Gasteiger partial charge in [0.05, 0.1) is 7.11 Å². The van der Waals surface area contributed by atoms with Crippen molar-refractivity contribution in [2.45, 2.75) is 13.0 Å². The van der Waals surface area contributed by atoms with Gasteiger partial charge in [0.25, 0.3) is 0 Å². The fourth-order valence-electron chi connectivity index (χ4n) is 1.63. The molecule has 2 aromatic carbocycles. The highest BCUT2D eigenvalue weighted by atomic mass is 16.5. The van der Waals surface area contributed by atoms with Gasteiger partial charge in [0.15, 0.2) is 11.5 Å². The minimum Gasteiger partial charge on any atom is -0.504 e. The van der Waals surface area contributed by atoms with E-state index >= 15 is 0 Å². The van der Waals surface area contributed by atoms with E-state index in [0.29, 0.717) is 12.3 Å². The van der Waals surface area contributed by atoms with Crippen molar-refractivity contribution in [3.63, 3.8) is 0 Å². The van der Waals surface area contributed by atoms with Crippen molar-refractivity contribution in [1.29, 1.82) is 0 Å². The van der Waals surface area contributed by atoms with Crippen LogP contribution in [0.25, 0.3) is 0 Å². The molecule has 3 nitrogen and oxygen atoms in total. The van der Waals surface area contributed by atoms with E-state index in [0.717, 1.165) is 12.0 Å². The van der Waals surface area contributed by atoms with Gasteiger partial charge in [0.1, 0.15) is 0 Å². The number of methoxy groups -OCH3 is 1. The molecule has 0 saturated heterocycles. The lowest BCUT2D eigenvalue weighted by atomic mass is 10.1. The second-order valence-electron chi connectivity index (χ2n) is 4.19. The molecular formula is C17H21NO2. The molecule has 3 heteroatoms. The lowest BCUT2D eigenvalue weighted by Gasteiger charge is -2.04. The molecule has 0 bridgehead atoms. The molecule has 0 fully saturated rings. The fourth-order valence-corrected chi connectivity index (χ4v) is 1.63. The van der Waals surface area contributed by atoms with Crippen molar-refractivity contribution in [2.75, 3.05) is 7.11 Å². The third kappa shape index (κ3) is 5.16. The number of rotatable bonds is 4. The molecule has 2 aromatic rings. The standard InChI is InChI=1S/C10H12O2.C7H9N/c1-3-4-8-5-6-9(11)10(7-8)12-2;8-6-7-4-2-1-3-5-7/h3,5-7,11H,1,4H2,2H3;1-5H,6,8H2. The molecule has 0 unspecified atom stereocenters. The summed E-state index contributed by atoms with van der Waals surface area (Å²) in [6.45, 7) is 4.27. The van der Waals surface area contributed by atoms with Crippen LogP contribution < -0.4 is 10.5 Å². The summed E-state index contributed by atoms with van der Waals surface area (Å²) in [4.78, 5) is 0. The number of phenolic OH excluding ortho intramolecular Hbond substituents is 1. The summed E-state index contributed by atoms with van der Waals surface area (Å²) < 4.78 is 4.95. The second kappa shape index (κ2) is 8.77. The Morgan fingerprint density at radius 2 is 1.85 bits per heavy atom. The maximum atomic E-state index is 9.25. The van der Waals surface area contributed by atoms with E-state index in [4.69, 9.17) is 10.5 Å². The number of nitrogens with two attached hydrogens (primary N) is 1. The summed E-state index contributed by atoms with van der Waals surface area (Å²) in [5.41, 5.74) is 7.62. The molecule has 0 heterocycles. The van der Waals surface area contributed by atoms with E-state index in [9.17, 15) is 5.11 Å². The number of aromatic hydroxyl groups is 1. The van der Waals surface area contributed by atoms with E-state index < -0.39 is 0 Å². The van der Waals surface area contributed by atoms with Gasteiger partial charge in [-0.2, -0.15) is 0 Å². The van der Waals surface area contributed by atoms with Gasteiger partial charge in [-0.25, -0.2) is 0 Å². The average Bonchev–Trinajstić information content (AvgIpc) is 2.51. The van der Waals surface area contributed by atoms with Crippen LogP contribution in [0.5, 0.6) is 11.5 Å². The van der Waals surface area contributed by atoms with Gasteiger partial charge in [-0.1, -0.05) is 42.5 Å². The lowest BCUT2D eigenvalue weighted by Crippen LogP contribution is -1.94. The number of ether oxygens (including phenoxy) is 1. The summed E-state index contributed by atoms with van der Waals surface area (Å²) in [7, 11) is 1.53. The molecule has 0 aliphatic heterocycles. The highest BCUT2D eigenvalue weighted by Gasteiger charge is 2.00. The minimum atomic E-state index is 0.172. The quantitative estimate of drug-likeness (QED) is 0.839. The smallest absolute Gasteiger partial charge is 0.160 e. The molecule has 0 atom stereocenters. The van der Waals surface area contributed by atoms with E-state index in [1.165, 1.54) is 12.7 Å². The molecule has 0 radical (unpaired) electrons. The van der Waals surface area contributed by atoms with Crippen molar-refractivity contribution in [2.24, 2.45) is 5.73 Å². The summed E-state index contributed by atoms with van der Waals surface area (Å²) in [6, 6.07) is 15.3. The molecule has 0 amide bonds. The van der Waals surface area contributed by atoms with E-state index in [-0.39, 0.29) is 5.75 Å². The van der Waals surface area contributed by atoms with Crippen LogP contribution in [-0.2, 0) is 13.0 Å². The molecular weight excluding hydrogens is 250 g/mol. The average molecular weight is 271 g/mol. The predicted octanol–water partition coefficient (Wildman–Crippen LogP) is 3.27. The zero-order chi connectivity index (χ0) is 14.8. The zero-order valence-electron chi connectivity index (χ0n) is 11.8. The Hall–Kier alpha value is -2.26. The molecule has 0 aromatic heterocycles. The van der Waals surface area contributed by atoms with Crippen LogP contribution >= 0.6 is 0 Å². The minimum absolute atomic E-state index is 0.172. The van der Waals surface area contributed by atoms with Crippen LogP contribution in [0.1, 0.15) is 11.1 Å². The molecule has 0 spiro atoms. The first kappa shape index (κ1) is 15.8. The van der Waals surface area contributed by atoms with Gasteiger partial charge in [-0.15, -0.1) is 6.58 Å². The first-order valence-corrected chi connectivity index (χ1v) is 6.42. The molecule has 0 saturated carbocycles. The van der Waals surface area contributed by atoms with Crippen LogP contribution in [-0.4, -0.2) is 12.2 Å². The maximum Gasteiger partial charge on any atom is 0.160 e. The van der Waals surface area contributed by atoms with E-state index in [2.05, 4.69) is 6.58 Å². The molecule has 0 aliphatic rings. The van der Waals surface area contributed by atoms with Gasteiger partial charge < -0.3 is 15.6 Å². The summed E-state index contributed by atoms with van der Waals surface area (Å²) in [5, 5.41) is 9.25. The SMILES string of the molecule is C=CCc1ccc(O)c(OC)c1.NCc1ccccc1. The summed E-state index contributed by atoms with van der Waals surface area (Å²) in [5.74, 6) is 0.680. The Morgan fingerprint density at radius 1 is 1.15 bits per heavy atom. The van der Waals surface area contributed by atoms with Crippen LogP contribution in [0.3, 0.4) is 0 Å². The van der Waals surface area contributed by atoms with Gasteiger partial charge in [-0.05, 0) is 29.7 Å². The molecule has 3 N–H and O–H groups in total. The second-order valence-corrected chi connectivity index (χ2v) is 4.19. The van der Waals surface area contributed by atoms with Gasteiger partial charge in [-0.3, -0.25) is 0 Å². The third-order valence-electron chi connectivity index (χ3n) is 2.70. The highest BCUT2D eigenvalue weighted by Crippen LogP contribution is 2.26. The van der Waals surface area contributed by atoms with Crippen molar-refractivity contribution < 1.29 is 9.84 Å². The van der Waals surface area contributed by atoms with Gasteiger partial charge in [0.2, 0.25) is 0 Å². The highest BCUT2D eigenvalue weighted by molar-refractivity contribution is 5.42. The van der Waals surface area contributed by atoms with E-state index in [1.807, 2.05) is 42.5 Å². The predicted molar refractivity (Wildman–Crippen MR) is 82.9 cm³/mol. The zero-order valence-corrected chi connectivity index (χ0v) is 11.8. The van der Waals surface area contributed by atoms with Gasteiger partial charge in [0, 0.05) is 6.54 Å². The lowest BCUT2D eigenvalue weighted by molar-refractivity contribution is 0.373. The largest absolute Gasteiger partial charge is 0.504 e. The molecule has 0 aliphatic carbocycles. The van der Waals surface area contributed by atoms with Crippen LogP contribution in [0.4, 0.5) is 0 Å². The Bertz CT molecular complexity index is 524. The Labute approximate surface area is 120 Å². The number of benzene rings is 2. The Morgan fingerprint density at radius 3 is 2.35 bits per heavy atom. The molecule has 2 rings (SSSR count). The topological polar surface area (TPSA) is 55.5 Å². The Kier molecular flexibility index (Phi) is 6.93. The first-order chi connectivity index (χ1) is 9.71. The van der Waals surface area contributed by atoms with Crippen molar-refractivity contribution >= 4 is 0 Å². The number of allylic oxidation sites excluding steroid dienone is 1. The van der Waals surface area contributed by atoms with Gasteiger partial charge >= 0.3 is 0 Å².